The Bertz CT molecular complexity index is 1190. The third-order valence-electron chi connectivity index (χ3n) is 6.33. The molecule has 0 spiro atoms. The maximum Gasteiger partial charge on any atom is 0.266 e. The van der Waals surface area contributed by atoms with Crippen molar-refractivity contribution in [2.75, 3.05) is 9.96 Å². The fraction of sp³-hybridized carbons (Fsp3) is 0.259. The maximum atomic E-state index is 13.6. The molecule has 5 nitrogen and oxygen atoms in total. The van der Waals surface area contributed by atoms with Gasteiger partial charge < -0.3 is 0 Å². The van der Waals surface area contributed by atoms with Gasteiger partial charge in [0.15, 0.2) is 6.10 Å². The van der Waals surface area contributed by atoms with Crippen LogP contribution in [0.1, 0.15) is 37.9 Å². The molecule has 5 rings (SSSR count). The average Bonchev–Trinajstić information content (AvgIpc) is 3.31. The summed E-state index contributed by atoms with van der Waals surface area (Å²) in [4.78, 5) is 34.4. The monoisotopic (exact) mass is 460 g/mol. The van der Waals surface area contributed by atoms with Gasteiger partial charge in [-0.15, -0.1) is 0 Å². The molecule has 3 aromatic carbocycles. The van der Waals surface area contributed by atoms with Crippen molar-refractivity contribution in [3.63, 3.8) is 0 Å². The molecule has 168 valence electrons. The van der Waals surface area contributed by atoms with Crippen LogP contribution in [0.3, 0.4) is 0 Å². The van der Waals surface area contributed by atoms with Crippen LogP contribution in [0.25, 0.3) is 0 Å². The van der Waals surface area contributed by atoms with Gasteiger partial charge >= 0.3 is 0 Å². The van der Waals surface area contributed by atoms with Crippen molar-refractivity contribution >= 4 is 34.8 Å². The first-order valence-electron chi connectivity index (χ1n) is 11.0. The van der Waals surface area contributed by atoms with E-state index in [1.54, 1.807) is 29.3 Å². The lowest BCUT2D eigenvalue weighted by Gasteiger charge is -2.29. The molecule has 0 bridgehead atoms. The summed E-state index contributed by atoms with van der Waals surface area (Å²) in [5.41, 5.74) is 3.44. The third-order valence-corrected chi connectivity index (χ3v) is 6.58. The number of imide groups is 1. The Morgan fingerprint density at radius 2 is 1.42 bits per heavy atom. The Balaban J connectivity index is 1.57. The van der Waals surface area contributed by atoms with Crippen molar-refractivity contribution in [2.24, 2.45) is 5.92 Å². The maximum absolute atomic E-state index is 13.6. The van der Waals surface area contributed by atoms with Crippen LogP contribution in [0.5, 0.6) is 0 Å². The molecule has 0 unspecified atom stereocenters. The normalized spacial score (nSPS) is 22.7. The number of hydroxylamine groups is 1. The zero-order valence-electron chi connectivity index (χ0n) is 18.7. The van der Waals surface area contributed by atoms with Crippen LogP contribution in [0, 0.1) is 5.92 Å². The number of anilines is 2. The van der Waals surface area contributed by atoms with Crippen LogP contribution in [0.2, 0.25) is 5.02 Å². The smallest absolute Gasteiger partial charge is 0.266 e. The largest absolute Gasteiger partial charge is 0.273 e. The SMILES string of the molecule is CC(C)(C)c1ccc([C@@H]2[C@H]3C(=O)N(c4ccc(Cl)cc4)C(=O)[C@@H]3ON2c2ccccc2)cc1. The molecule has 2 aliphatic rings. The molecule has 0 N–H and O–H groups in total. The number of carbonyl (C=O) groups excluding carboxylic acids is 2. The van der Waals surface area contributed by atoms with Crippen LogP contribution in [-0.2, 0) is 19.8 Å². The predicted molar refractivity (Wildman–Crippen MR) is 129 cm³/mol. The number of hydrogen-bond acceptors (Lipinski definition) is 4. The number of rotatable bonds is 3. The van der Waals surface area contributed by atoms with E-state index in [1.807, 2.05) is 42.5 Å². The summed E-state index contributed by atoms with van der Waals surface area (Å²) in [6.45, 7) is 6.49. The lowest BCUT2D eigenvalue weighted by Crippen LogP contribution is -2.37. The zero-order chi connectivity index (χ0) is 23.3. The minimum Gasteiger partial charge on any atom is -0.273 e. The Kier molecular flexibility index (Phi) is 5.26. The molecule has 2 amide bonds. The van der Waals surface area contributed by atoms with Crippen LogP contribution in [0.4, 0.5) is 11.4 Å². The molecule has 2 heterocycles. The Labute approximate surface area is 198 Å². The van der Waals surface area contributed by atoms with Gasteiger partial charge in [-0.1, -0.05) is 74.8 Å². The molecule has 6 heteroatoms. The first kappa shape index (κ1) is 21.7. The van der Waals surface area contributed by atoms with Gasteiger partial charge in [0.25, 0.3) is 5.91 Å². The van der Waals surface area contributed by atoms with E-state index < -0.39 is 18.1 Å². The minimum absolute atomic E-state index is 0.0108. The van der Waals surface area contributed by atoms with Crippen molar-refractivity contribution in [3.05, 3.63) is 95.0 Å². The highest BCUT2D eigenvalue weighted by molar-refractivity contribution is 6.31. The summed E-state index contributed by atoms with van der Waals surface area (Å²) < 4.78 is 0. The summed E-state index contributed by atoms with van der Waals surface area (Å²) in [5, 5.41) is 2.26. The van der Waals surface area contributed by atoms with E-state index in [2.05, 4.69) is 32.9 Å². The number of para-hydroxylation sites is 1. The molecule has 0 saturated carbocycles. The first-order valence-corrected chi connectivity index (χ1v) is 11.4. The van der Waals surface area contributed by atoms with Crippen LogP contribution < -0.4 is 9.96 Å². The fourth-order valence-corrected chi connectivity index (χ4v) is 4.70. The lowest BCUT2D eigenvalue weighted by atomic mass is 9.84. The van der Waals surface area contributed by atoms with Crippen molar-refractivity contribution in [3.8, 4) is 0 Å². The summed E-state index contributed by atoms with van der Waals surface area (Å²) in [5.74, 6) is -1.29. The molecule has 2 saturated heterocycles. The second kappa shape index (κ2) is 8.01. The quantitative estimate of drug-likeness (QED) is 0.471. The van der Waals surface area contributed by atoms with E-state index in [-0.39, 0.29) is 17.2 Å². The highest BCUT2D eigenvalue weighted by Gasteiger charge is 2.60. The Morgan fingerprint density at radius 3 is 2.03 bits per heavy atom. The number of carbonyl (C=O) groups is 2. The highest BCUT2D eigenvalue weighted by atomic mass is 35.5. The topological polar surface area (TPSA) is 49.9 Å². The van der Waals surface area contributed by atoms with Gasteiger partial charge in [-0.3, -0.25) is 14.4 Å². The molecule has 3 atom stereocenters. The third kappa shape index (κ3) is 3.71. The summed E-state index contributed by atoms with van der Waals surface area (Å²) in [6.07, 6.45) is -0.888. The summed E-state index contributed by atoms with van der Waals surface area (Å²) in [7, 11) is 0. The van der Waals surface area contributed by atoms with Crippen LogP contribution in [0.15, 0.2) is 78.9 Å². The van der Waals surface area contributed by atoms with E-state index in [0.717, 1.165) is 11.3 Å². The summed E-state index contributed by atoms with van der Waals surface area (Å²) in [6, 6.07) is 24.1. The summed E-state index contributed by atoms with van der Waals surface area (Å²) >= 11 is 6.00. The van der Waals surface area contributed by atoms with E-state index >= 15 is 0 Å². The van der Waals surface area contributed by atoms with Gasteiger partial charge in [0, 0.05) is 5.02 Å². The standard InChI is InChI=1S/C27H25ClN2O3/c1-27(2,3)18-11-9-17(10-12-18)23-22-24(33-30(23)21-7-5-4-6-8-21)26(32)29(25(22)31)20-15-13-19(28)14-16-20/h4-16,22-24H,1-3H3/t22-,23-,24-/m1/s1. The lowest BCUT2D eigenvalue weighted by molar-refractivity contribution is -0.126. The fourth-order valence-electron chi connectivity index (χ4n) is 4.58. The Morgan fingerprint density at radius 1 is 0.788 bits per heavy atom. The Hall–Kier alpha value is -3.15. The van der Waals surface area contributed by atoms with Gasteiger partial charge in [-0.05, 0) is 52.9 Å². The van der Waals surface area contributed by atoms with Crippen LogP contribution in [-0.4, -0.2) is 17.9 Å². The van der Waals surface area contributed by atoms with E-state index in [0.29, 0.717) is 10.7 Å². The zero-order valence-corrected chi connectivity index (χ0v) is 19.5. The van der Waals surface area contributed by atoms with Gasteiger partial charge in [-0.2, -0.15) is 0 Å². The molecular weight excluding hydrogens is 436 g/mol. The molecule has 0 radical (unpaired) electrons. The molecule has 0 aliphatic carbocycles. The van der Waals surface area contributed by atoms with Gasteiger partial charge in [0.05, 0.1) is 17.4 Å². The van der Waals surface area contributed by atoms with Crippen LogP contribution >= 0.6 is 11.6 Å². The molecule has 2 fully saturated rings. The highest BCUT2D eigenvalue weighted by Crippen LogP contribution is 2.47. The van der Waals surface area contributed by atoms with Crippen molar-refractivity contribution in [2.45, 2.75) is 38.3 Å². The van der Waals surface area contributed by atoms with E-state index in [9.17, 15) is 9.59 Å². The molecule has 2 aliphatic heterocycles. The second-order valence-electron chi connectivity index (χ2n) is 9.52. The second-order valence-corrected chi connectivity index (χ2v) is 9.95. The number of fused-ring (bicyclic) bond motifs is 1. The van der Waals surface area contributed by atoms with Crippen molar-refractivity contribution < 1.29 is 14.4 Å². The number of nitrogens with zero attached hydrogens (tertiary/aromatic N) is 2. The van der Waals surface area contributed by atoms with Gasteiger partial charge in [-0.25, -0.2) is 9.96 Å². The molecular formula is C27H25ClN2O3. The van der Waals surface area contributed by atoms with E-state index in [1.165, 1.54) is 10.5 Å². The predicted octanol–water partition coefficient (Wildman–Crippen LogP) is 5.69. The van der Waals surface area contributed by atoms with Gasteiger partial charge in [0.2, 0.25) is 5.91 Å². The number of halogens is 1. The number of amides is 2. The van der Waals surface area contributed by atoms with Crippen molar-refractivity contribution in [1.82, 2.24) is 0 Å². The average molecular weight is 461 g/mol. The van der Waals surface area contributed by atoms with Gasteiger partial charge in [0.1, 0.15) is 5.92 Å². The van der Waals surface area contributed by atoms with E-state index in [4.69, 9.17) is 16.4 Å². The number of benzene rings is 3. The molecule has 0 aromatic heterocycles. The number of hydrogen-bond donors (Lipinski definition) is 0. The minimum atomic E-state index is -0.888. The van der Waals surface area contributed by atoms with Crippen molar-refractivity contribution in [1.29, 1.82) is 0 Å². The molecule has 3 aromatic rings. The molecule has 33 heavy (non-hydrogen) atoms. The first-order chi connectivity index (χ1) is 15.8.